The van der Waals surface area contributed by atoms with E-state index >= 15 is 0 Å². The van der Waals surface area contributed by atoms with E-state index in [1.807, 2.05) is 13.8 Å². The maximum Gasteiger partial charge on any atom is 0.321 e. The van der Waals surface area contributed by atoms with Gasteiger partial charge in [-0.1, -0.05) is 32.5 Å². The molecule has 0 saturated heterocycles. The summed E-state index contributed by atoms with van der Waals surface area (Å²) < 4.78 is 1.70. The summed E-state index contributed by atoms with van der Waals surface area (Å²) in [7, 11) is 0. The van der Waals surface area contributed by atoms with Gasteiger partial charge >= 0.3 is 6.03 Å². The van der Waals surface area contributed by atoms with E-state index in [0.717, 1.165) is 29.5 Å². The molecular weight excluding hydrogens is 420 g/mol. The number of nitrogens with zero attached hydrogens (tertiary/aromatic N) is 2. The Morgan fingerprint density at radius 2 is 2.03 bits per heavy atom. The standard InChI is InChI=1S/C21H30N4O3S2/c1-11(2)9-25-19(27)17-14-7-6-13(5)8-15(14)30-18(17)24-21(25)29-10-16(26)23-20(28)22-12(3)4/h11-13H,6-10H2,1-5H3,(H2,22,23,26,28). The molecule has 1 unspecified atom stereocenters. The van der Waals surface area contributed by atoms with E-state index in [4.69, 9.17) is 4.98 Å². The van der Waals surface area contributed by atoms with Crippen molar-refractivity contribution in [2.75, 3.05) is 5.75 Å². The number of aryl methyl sites for hydroxylation is 1. The van der Waals surface area contributed by atoms with Crippen LogP contribution >= 0.6 is 23.1 Å². The smallest absolute Gasteiger partial charge is 0.321 e. The van der Waals surface area contributed by atoms with Crippen LogP contribution in [0, 0.1) is 11.8 Å². The summed E-state index contributed by atoms with van der Waals surface area (Å²) in [5.41, 5.74) is 1.16. The van der Waals surface area contributed by atoms with Gasteiger partial charge in [-0.05, 0) is 50.5 Å². The Hall–Kier alpha value is -1.87. The van der Waals surface area contributed by atoms with Gasteiger partial charge in [-0.2, -0.15) is 0 Å². The molecule has 1 aliphatic carbocycles. The molecule has 1 aliphatic rings. The lowest BCUT2D eigenvalue weighted by molar-refractivity contribution is -0.117. The number of fused-ring (bicyclic) bond motifs is 3. The van der Waals surface area contributed by atoms with Gasteiger partial charge in [0.1, 0.15) is 4.83 Å². The molecule has 2 aromatic heterocycles. The summed E-state index contributed by atoms with van der Waals surface area (Å²) >= 11 is 2.81. The first-order chi connectivity index (χ1) is 14.2. The highest BCUT2D eigenvalue weighted by atomic mass is 32.2. The minimum Gasteiger partial charge on any atom is -0.336 e. The Labute approximate surface area is 185 Å². The van der Waals surface area contributed by atoms with Crippen molar-refractivity contribution in [1.82, 2.24) is 20.2 Å². The van der Waals surface area contributed by atoms with Gasteiger partial charge in [0, 0.05) is 17.5 Å². The third-order valence-electron chi connectivity index (χ3n) is 4.93. The zero-order chi connectivity index (χ0) is 22.0. The average molecular weight is 451 g/mol. The number of thiophene rings is 1. The van der Waals surface area contributed by atoms with Crippen LogP contribution in [0.25, 0.3) is 10.2 Å². The van der Waals surface area contributed by atoms with Crippen LogP contribution in [0.1, 0.15) is 51.5 Å². The van der Waals surface area contributed by atoms with Crippen LogP contribution in [-0.4, -0.2) is 33.3 Å². The molecule has 2 aromatic rings. The van der Waals surface area contributed by atoms with E-state index < -0.39 is 11.9 Å². The number of carbonyl (C=O) groups is 2. The van der Waals surface area contributed by atoms with Gasteiger partial charge in [-0.3, -0.25) is 19.5 Å². The van der Waals surface area contributed by atoms with Crippen LogP contribution in [0.2, 0.25) is 0 Å². The zero-order valence-electron chi connectivity index (χ0n) is 18.2. The highest BCUT2D eigenvalue weighted by molar-refractivity contribution is 7.99. The molecule has 2 heterocycles. The lowest BCUT2D eigenvalue weighted by Gasteiger charge is -2.18. The van der Waals surface area contributed by atoms with Gasteiger partial charge in [0.05, 0.1) is 11.1 Å². The lowest BCUT2D eigenvalue weighted by Crippen LogP contribution is -2.43. The van der Waals surface area contributed by atoms with Crippen molar-refractivity contribution >= 4 is 45.3 Å². The second-order valence-electron chi connectivity index (χ2n) is 8.70. The molecule has 7 nitrogen and oxygen atoms in total. The Morgan fingerprint density at radius 1 is 1.30 bits per heavy atom. The maximum absolute atomic E-state index is 13.4. The number of aromatic nitrogens is 2. The Morgan fingerprint density at radius 3 is 2.70 bits per heavy atom. The maximum atomic E-state index is 13.4. The third-order valence-corrected chi connectivity index (χ3v) is 7.06. The molecule has 164 valence electrons. The van der Waals surface area contributed by atoms with Crippen LogP contribution in [0.4, 0.5) is 4.79 Å². The Bertz CT molecular complexity index is 1010. The molecular formula is C21H30N4O3S2. The summed E-state index contributed by atoms with van der Waals surface area (Å²) in [6.45, 7) is 10.5. The lowest BCUT2D eigenvalue weighted by atomic mass is 9.89. The van der Waals surface area contributed by atoms with Crippen LogP contribution in [0.15, 0.2) is 9.95 Å². The fourth-order valence-electron chi connectivity index (χ4n) is 3.63. The van der Waals surface area contributed by atoms with Crippen molar-refractivity contribution in [3.05, 3.63) is 20.8 Å². The summed E-state index contributed by atoms with van der Waals surface area (Å²) in [5.74, 6) is 0.492. The predicted molar refractivity (Wildman–Crippen MR) is 122 cm³/mol. The van der Waals surface area contributed by atoms with E-state index in [-0.39, 0.29) is 23.3 Å². The van der Waals surface area contributed by atoms with Gasteiger partial charge in [0.25, 0.3) is 5.56 Å². The van der Waals surface area contributed by atoms with Crippen LogP contribution < -0.4 is 16.2 Å². The Balaban J connectivity index is 1.88. The molecule has 0 fully saturated rings. The number of imide groups is 1. The third kappa shape index (κ3) is 5.24. The van der Waals surface area contributed by atoms with Crippen LogP contribution in [0.5, 0.6) is 0 Å². The topological polar surface area (TPSA) is 93.1 Å². The molecule has 0 spiro atoms. The largest absolute Gasteiger partial charge is 0.336 e. The normalized spacial score (nSPS) is 16.2. The van der Waals surface area contributed by atoms with Crippen molar-refractivity contribution < 1.29 is 9.59 Å². The van der Waals surface area contributed by atoms with E-state index in [9.17, 15) is 14.4 Å². The summed E-state index contributed by atoms with van der Waals surface area (Å²) in [6, 6.07) is -0.572. The van der Waals surface area contributed by atoms with Gasteiger partial charge in [0.2, 0.25) is 5.91 Å². The van der Waals surface area contributed by atoms with E-state index in [0.29, 0.717) is 17.6 Å². The van der Waals surface area contributed by atoms with Crippen molar-refractivity contribution in [2.24, 2.45) is 11.8 Å². The molecule has 9 heteroatoms. The number of hydrogen-bond acceptors (Lipinski definition) is 6. The van der Waals surface area contributed by atoms with Gasteiger partial charge < -0.3 is 5.32 Å². The minimum absolute atomic E-state index is 0.0128. The number of carbonyl (C=O) groups excluding carboxylic acids is 2. The monoisotopic (exact) mass is 450 g/mol. The van der Waals surface area contributed by atoms with E-state index in [1.165, 1.54) is 22.2 Å². The molecule has 0 aliphatic heterocycles. The number of hydrogen-bond donors (Lipinski definition) is 2. The fraction of sp³-hybridized carbons (Fsp3) is 0.619. The molecule has 1 atom stereocenters. The molecule has 30 heavy (non-hydrogen) atoms. The number of rotatable bonds is 6. The minimum atomic E-state index is -0.515. The summed E-state index contributed by atoms with van der Waals surface area (Å²) in [4.78, 5) is 44.1. The average Bonchev–Trinajstić information content (AvgIpc) is 2.98. The first-order valence-corrected chi connectivity index (χ1v) is 12.2. The highest BCUT2D eigenvalue weighted by Crippen LogP contribution is 2.36. The van der Waals surface area contributed by atoms with Gasteiger partial charge in [0.15, 0.2) is 5.16 Å². The number of urea groups is 1. The van der Waals surface area contributed by atoms with Crippen LogP contribution in [-0.2, 0) is 24.2 Å². The number of thioether (sulfide) groups is 1. The molecule has 2 N–H and O–H groups in total. The zero-order valence-corrected chi connectivity index (χ0v) is 19.8. The molecule has 0 aromatic carbocycles. The van der Waals surface area contributed by atoms with E-state index in [2.05, 4.69) is 31.4 Å². The first-order valence-electron chi connectivity index (χ1n) is 10.4. The number of amides is 3. The fourth-order valence-corrected chi connectivity index (χ4v) is 5.86. The quantitative estimate of drug-likeness (QED) is 0.518. The summed E-state index contributed by atoms with van der Waals surface area (Å²) in [6.07, 6.45) is 3.02. The van der Waals surface area contributed by atoms with Crippen molar-refractivity contribution in [3.63, 3.8) is 0 Å². The molecule has 0 radical (unpaired) electrons. The Kier molecular flexibility index (Phi) is 7.23. The first kappa shape index (κ1) is 22.8. The van der Waals surface area contributed by atoms with Gasteiger partial charge in [-0.25, -0.2) is 9.78 Å². The SMILES string of the molecule is CC(C)Cn1c(SCC(=O)NC(=O)NC(C)C)nc2sc3c(c2c1=O)CCC(C)C3. The van der Waals surface area contributed by atoms with Crippen LogP contribution in [0.3, 0.4) is 0 Å². The molecule has 0 saturated carbocycles. The van der Waals surface area contributed by atoms with Crippen molar-refractivity contribution in [1.29, 1.82) is 0 Å². The number of nitrogens with one attached hydrogen (secondary N) is 2. The van der Waals surface area contributed by atoms with Gasteiger partial charge in [-0.15, -0.1) is 11.3 Å². The second kappa shape index (κ2) is 9.51. The van der Waals surface area contributed by atoms with E-state index in [1.54, 1.807) is 15.9 Å². The molecule has 3 amide bonds. The molecule has 0 bridgehead atoms. The second-order valence-corrected chi connectivity index (χ2v) is 10.7. The summed E-state index contributed by atoms with van der Waals surface area (Å²) in [5, 5.41) is 6.23. The predicted octanol–water partition coefficient (Wildman–Crippen LogP) is 3.57. The van der Waals surface area contributed by atoms with Crippen molar-refractivity contribution in [2.45, 2.75) is 71.6 Å². The highest BCUT2D eigenvalue weighted by Gasteiger charge is 2.25. The molecule has 3 rings (SSSR count). The van der Waals surface area contributed by atoms with Crippen molar-refractivity contribution in [3.8, 4) is 0 Å².